The molecule has 0 saturated carbocycles. The number of anilines is 1. The first kappa shape index (κ1) is 20.0. The van der Waals surface area contributed by atoms with Gasteiger partial charge in [-0.1, -0.05) is 24.3 Å². The molecule has 0 unspecified atom stereocenters. The summed E-state index contributed by atoms with van der Waals surface area (Å²) >= 11 is 0. The molecule has 2 saturated heterocycles. The van der Waals surface area contributed by atoms with Crippen LogP contribution in [0.15, 0.2) is 54.9 Å². The average molecular weight is 407 g/mol. The number of pyridine rings is 1. The van der Waals surface area contributed by atoms with Crippen LogP contribution in [0.2, 0.25) is 0 Å². The van der Waals surface area contributed by atoms with Gasteiger partial charge in [-0.3, -0.25) is 19.5 Å². The zero-order chi connectivity index (χ0) is 20.9. The zero-order valence-corrected chi connectivity index (χ0v) is 16.7. The number of nitrogens with one attached hydrogen (secondary N) is 2. The van der Waals surface area contributed by atoms with Crippen LogP contribution in [0, 0.1) is 0 Å². The number of imide groups is 1. The molecular formula is C22H25N5O3. The van der Waals surface area contributed by atoms with E-state index in [9.17, 15) is 14.4 Å². The Bertz CT molecular complexity index is 898. The summed E-state index contributed by atoms with van der Waals surface area (Å²) in [4.78, 5) is 44.9. The number of para-hydroxylation sites is 1. The Labute approximate surface area is 175 Å². The van der Waals surface area contributed by atoms with Gasteiger partial charge in [0, 0.05) is 38.1 Å². The summed E-state index contributed by atoms with van der Waals surface area (Å²) in [6.45, 7) is 2.63. The van der Waals surface area contributed by atoms with Crippen molar-refractivity contribution in [1.82, 2.24) is 20.5 Å². The van der Waals surface area contributed by atoms with Crippen molar-refractivity contribution in [2.24, 2.45) is 0 Å². The van der Waals surface area contributed by atoms with Crippen molar-refractivity contribution in [2.45, 2.75) is 37.9 Å². The molecule has 2 aliphatic heterocycles. The number of urea groups is 1. The van der Waals surface area contributed by atoms with Gasteiger partial charge in [-0.2, -0.15) is 0 Å². The molecule has 2 aliphatic rings. The Hall–Kier alpha value is -3.26. The van der Waals surface area contributed by atoms with Gasteiger partial charge in [-0.25, -0.2) is 9.69 Å². The molecule has 2 N–H and O–H groups in total. The molecule has 1 atom stereocenters. The molecule has 1 aromatic carbocycles. The van der Waals surface area contributed by atoms with Crippen LogP contribution in [0.5, 0.6) is 0 Å². The van der Waals surface area contributed by atoms with Crippen LogP contribution in [-0.4, -0.2) is 52.9 Å². The maximum atomic E-state index is 12.6. The number of aromatic nitrogens is 1. The average Bonchev–Trinajstić information content (AvgIpc) is 3.03. The van der Waals surface area contributed by atoms with Crippen molar-refractivity contribution in [3.63, 3.8) is 0 Å². The van der Waals surface area contributed by atoms with E-state index in [0.717, 1.165) is 37.4 Å². The summed E-state index contributed by atoms with van der Waals surface area (Å²) in [5, 5.41) is 5.64. The largest absolute Gasteiger partial charge is 0.353 e. The lowest BCUT2D eigenvalue weighted by atomic mass is 10.0. The van der Waals surface area contributed by atoms with E-state index >= 15 is 0 Å². The molecule has 4 amide bonds. The van der Waals surface area contributed by atoms with Crippen LogP contribution >= 0.6 is 0 Å². The minimum absolute atomic E-state index is 0.0518. The predicted molar refractivity (Wildman–Crippen MR) is 112 cm³/mol. The van der Waals surface area contributed by atoms with Gasteiger partial charge in [0.25, 0.3) is 5.91 Å². The highest BCUT2D eigenvalue weighted by atomic mass is 16.2. The van der Waals surface area contributed by atoms with Gasteiger partial charge in [0.15, 0.2) is 0 Å². The highest BCUT2D eigenvalue weighted by molar-refractivity contribution is 6.22. The van der Waals surface area contributed by atoms with Gasteiger partial charge in [0.05, 0.1) is 12.1 Å². The van der Waals surface area contributed by atoms with Crippen LogP contribution in [-0.2, 0) is 16.1 Å². The van der Waals surface area contributed by atoms with Crippen molar-refractivity contribution in [1.29, 1.82) is 0 Å². The summed E-state index contributed by atoms with van der Waals surface area (Å²) in [6.07, 6.45) is 5.30. The maximum Gasteiger partial charge on any atom is 0.329 e. The van der Waals surface area contributed by atoms with E-state index < -0.39 is 18.0 Å². The van der Waals surface area contributed by atoms with Gasteiger partial charge >= 0.3 is 6.03 Å². The lowest BCUT2D eigenvalue weighted by Crippen LogP contribution is -2.46. The van der Waals surface area contributed by atoms with E-state index in [1.807, 2.05) is 18.3 Å². The quantitative estimate of drug-likeness (QED) is 0.711. The first-order valence-corrected chi connectivity index (χ1v) is 10.2. The number of amides is 4. The molecule has 0 bridgehead atoms. The van der Waals surface area contributed by atoms with E-state index in [1.165, 1.54) is 5.56 Å². The van der Waals surface area contributed by atoms with E-state index in [0.29, 0.717) is 5.69 Å². The molecule has 156 valence electrons. The second kappa shape index (κ2) is 9.04. The van der Waals surface area contributed by atoms with Crippen molar-refractivity contribution in [2.75, 3.05) is 18.0 Å². The Morgan fingerprint density at radius 2 is 1.87 bits per heavy atom. The highest BCUT2D eigenvalue weighted by Gasteiger charge is 2.40. The number of likely N-dealkylation sites (tertiary alicyclic amines) is 1. The fourth-order valence-electron chi connectivity index (χ4n) is 3.95. The monoisotopic (exact) mass is 407 g/mol. The Morgan fingerprint density at radius 3 is 2.57 bits per heavy atom. The van der Waals surface area contributed by atoms with Crippen LogP contribution in [0.3, 0.4) is 0 Å². The third-order valence-electron chi connectivity index (χ3n) is 5.50. The fourth-order valence-corrected chi connectivity index (χ4v) is 3.95. The molecule has 3 heterocycles. The molecule has 8 nitrogen and oxygen atoms in total. The standard InChI is InChI=1S/C22H25N5O3/c28-20(13-19-21(29)27(22(30)25-19)18-6-2-1-3-7-18)24-17-8-11-26(12-9-17)15-16-5-4-10-23-14-16/h1-7,10,14,17,19H,8-9,11-13,15H2,(H,24,28)(H,25,30)/t19-/m0/s1. The third-order valence-corrected chi connectivity index (χ3v) is 5.50. The molecule has 30 heavy (non-hydrogen) atoms. The normalized spacial score (nSPS) is 20.3. The summed E-state index contributed by atoms with van der Waals surface area (Å²) in [6, 6.07) is 11.5. The first-order chi connectivity index (χ1) is 14.6. The van der Waals surface area contributed by atoms with Crippen LogP contribution in [0.1, 0.15) is 24.8 Å². The lowest BCUT2D eigenvalue weighted by Gasteiger charge is -2.32. The molecule has 1 aromatic heterocycles. The summed E-state index contributed by atoms with van der Waals surface area (Å²) in [7, 11) is 0. The van der Waals surface area contributed by atoms with E-state index in [2.05, 4.69) is 26.6 Å². The van der Waals surface area contributed by atoms with Crippen molar-refractivity contribution in [3.8, 4) is 0 Å². The summed E-state index contributed by atoms with van der Waals surface area (Å²) in [5.74, 6) is -0.609. The number of carbonyl (C=O) groups is 3. The number of rotatable bonds is 6. The third kappa shape index (κ3) is 4.65. The molecule has 4 rings (SSSR count). The van der Waals surface area contributed by atoms with Gasteiger partial charge in [-0.05, 0) is 36.6 Å². The first-order valence-electron chi connectivity index (χ1n) is 10.2. The zero-order valence-electron chi connectivity index (χ0n) is 16.7. The van der Waals surface area contributed by atoms with Gasteiger partial charge in [0.2, 0.25) is 5.91 Å². The van der Waals surface area contributed by atoms with Gasteiger partial charge in [-0.15, -0.1) is 0 Å². The molecule has 0 aliphatic carbocycles. The summed E-state index contributed by atoms with van der Waals surface area (Å²) in [5.41, 5.74) is 1.68. The minimum atomic E-state index is -0.830. The smallest absolute Gasteiger partial charge is 0.329 e. The Balaban J connectivity index is 1.24. The van der Waals surface area contributed by atoms with E-state index in [-0.39, 0.29) is 18.4 Å². The number of nitrogens with zero attached hydrogens (tertiary/aromatic N) is 3. The molecule has 0 radical (unpaired) electrons. The van der Waals surface area contributed by atoms with Crippen LogP contribution in [0.4, 0.5) is 10.5 Å². The number of benzene rings is 1. The van der Waals surface area contributed by atoms with Gasteiger partial charge < -0.3 is 10.6 Å². The Morgan fingerprint density at radius 1 is 1.10 bits per heavy atom. The van der Waals surface area contributed by atoms with Crippen molar-refractivity contribution < 1.29 is 14.4 Å². The SMILES string of the molecule is O=C(C[C@@H]1NC(=O)N(c2ccccc2)C1=O)NC1CCN(Cc2cccnc2)CC1. The molecule has 2 aromatic rings. The van der Waals surface area contributed by atoms with Gasteiger partial charge in [0.1, 0.15) is 6.04 Å². The lowest BCUT2D eigenvalue weighted by molar-refractivity contribution is -0.126. The predicted octanol–water partition coefficient (Wildman–Crippen LogP) is 1.68. The fraction of sp³-hybridized carbons (Fsp3) is 0.364. The van der Waals surface area contributed by atoms with E-state index in [1.54, 1.807) is 30.5 Å². The minimum Gasteiger partial charge on any atom is -0.353 e. The van der Waals surface area contributed by atoms with E-state index in [4.69, 9.17) is 0 Å². The number of hydrogen-bond acceptors (Lipinski definition) is 5. The number of piperidine rings is 1. The van der Waals surface area contributed by atoms with Crippen molar-refractivity contribution >= 4 is 23.5 Å². The second-order valence-corrected chi connectivity index (χ2v) is 7.69. The van der Waals surface area contributed by atoms with Crippen LogP contribution in [0.25, 0.3) is 0 Å². The molecule has 8 heteroatoms. The number of carbonyl (C=O) groups excluding carboxylic acids is 3. The molecule has 2 fully saturated rings. The molecule has 0 spiro atoms. The second-order valence-electron chi connectivity index (χ2n) is 7.69. The maximum absolute atomic E-state index is 12.6. The molecular weight excluding hydrogens is 382 g/mol. The highest BCUT2D eigenvalue weighted by Crippen LogP contribution is 2.20. The van der Waals surface area contributed by atoms with Crippen molar-refractivity contribution in [3.05, 3.63) is 60.4 Å². The number of hydrogen-bond donors (Lipinski definition) is 2. The van der Waals surface area contributed by atoms with Crippen LogP contribution < -0.4 is 15.5 Å². The Kier molecular flexibility index (Phi) is 6.04. The topological polar surface area (TPSA) is 94.6 Å². The summed E-state index contributed by atoms with van der Waals surface area (Å²) < 4.78 is 0.